The fraction of sp³-hybridized carbons (Fsp3) is 0.267. The van der Waals surface area contributed by atoms with Crippen LogP contribution in [0.3, 0.4) is 0 Å². The number of rotatable bonds is 3. The molecule has 0 bridgehead atoms. The summed E-state index contributed by atoms with van der Waals surface area (Å²) in [5, 5.41) is 0. The highest BCUT2D eigenvalue weighted by Gasteiger charge is 2.11. The van der Waals surface area contributed by atoms with Crippen molar-refractivity contribution in [3.8, 4) is 5.75 Å². The largest absolute Gasteiger partial charge is 0.496 e. The van der Waals surface area contributed by atoms with E-state index in [-0.39, 0.29) is 6.04 Å². The maximum Gasteiger partial charge on any atom is 0.121 e. The summed E-state index contributed by atoms with van der Waals surface area (Å²) in [5.41, 5.74) is 10.6. The molecule has 1 unspecified atom stereocenters. The van der Waals surface area contributed by atoms with Gasteiger partial charge in [-0.2, -0.15) is 0 Å². The number of hydrogen-bond acceptors (Lipinski definition) is 3. The smallest absolute Gasteiger partial charge is 0.121 e. The third kappa shape index (κ3) is 2.51. The number of nitrogens with two attached hydrogens (primary N) is 1. The van der Waals surface area contributed by atoms with E-state index < -0.39 is 0 Å². The van der Waals surface area contributed by atoms with Gasteiger partial charge in [0, 0.05) is 12.4 Å². The van der Waals surface area contributed by atoms with Crippen LogP contribution in [0.1, 0.15) is 28.3 Å². The molecule has 1 heterocycles. The Morgan fingerprint density at radius 2 is 1.89 bits per heavy atom. The van der Waals surface area contributed by atoms with E-state index in [2.05, 4.69) is 17.1 Å². The maximum absolute atomic E-state index is 6.26. The van der Waals surface area contributed by atoms with Gasteiger partial charge in [0.25, 0.3) is 0 Å². The van der Waals surface area contributed by atoms with Crippen molar-refractivity contribution in [3.63, 3.8) is 0 Å². The summed E-state index contributed by atoms with van der Waals surface area (Å²) in [7, 11) is 1.67. The number of pyridine rings is 1. The Balaban J connectivity index is 2.34. The maximum atomic E-state index is 6.26. The summed E-state index contributed by atoms with van der Waals surface area (Å²) in [5.74, 6) is 0.883. The van der Waals surface area contributed by atoms with Gasteiger partial charge < -0.3 is 10.5 Å². The molecule has 1 aromatic carbocycles. The minimum Gasteiger partial charge on any atom is -0.496 e. The van der Waals surface area contributed by atoms with Crippen molar-refractivity contribution in [2.75, 3.05) is 7.11 Å². The van der Waals surface area contributed by atoms with Gasteiger partial charge in [-0.3, -0.25) is 4.98 Å². The van der Waals surface area contributed by atoms with E-state index in [1.807, 2.05) is 38.4 Å². The molecule has 2 rings (SSSR count). The molecule has 0 saturated heterocycles. The van der Waals surface area contributed by atoms with Crippen LogP contribution >= 0.6 is 0 Å². The molecule has 1 atom stereocenters. The zero-order valence-electron chi connectivity index (χ0n) is 11.0. The molecule has 0 aliphatic carbocycles. The monoisotopic (exact) mass is 242 g/mol. The fourth-order valence-electron chi connectivity index (χ4n) is 2.04. The van der Waals surface area contributed by atoms with Crippen LogP contribution < -0.4 is 10.5 Å². The molecule has 0 saturated carbocycles. The first-order valence-electron chi connectivity index (χ1n) is 5.93. The normalized spacial score (nSPS) is 12.2. The lowest BCUT2D eigenvalue weighted by molar-refractivity contribution is 0.411. The molecule has 18 heavy (non-hydrogen) atoms. The van der Waals surface area contributed by atoms with E-state index in [1.54, 1.807) is 7.11 Å². The molecule has 0 spiro atoms. The summed E-state index contributed by atoms with van der Waals surface area (Å²) >= 11 is 0. The quantitative estimate of drug-likeness (QED) is 0.900. The van der Waals surface area contributed by atoms with E-state index >= 15 is 0 Å². The van der Waals surface area contributed by atoms with Crippen molar-refractivity contribution in [1.82, 2.24) is 4.98 Å². The van der Waals surface area contributed by atoms with Gasteiger partial charge in [-0.15, -0.1) is 0 Å². The predicted octanol–water partition coefficient (Wildman–Crippen LogP) is 2.76. The topological polar surface area (TPSA) is 48.1 Å². The molecule has 94 valence electrons. The van der Waals surface area contributed by atoms with E-state index in [1.165, 1.54) is 0 Å². The second-order valence-electron chi connectivity index (χ2n) is 4.50. The number of methoxy groups -OCH3 is 1. The molecule has 3 nitrogen and oxygen atoms in total. The molecule has 3 heteroatoms. The fourth-order valence-corrected chi connectivity index (χ4v) is 2.04. The predicted molar refractivity (Wildman–Crippen MR) is 72.7 cm³/mol. The average molecular weight is 242 g/mol. The Morgan fingerprint density at radius 3 is 2.50 bits per heavy atom. The highest BCUT2D eigenvalue weighted by atomic mass is 16.5. The molecule has 0 aliphatic rings. The number of aromatic nitrogens is 1. The van der Waals surface area contributed by atoms with E-state index in [4.69, 9.17) is 10.5 Å². The van der Waals surface area contributed by atoms with E-state index in [0.717, 1.165) is 28.0 Å². The Bertz CT molecular complexity index is 552. The minimum atomic E-state index is -0.151. The molecule has 0 radical (unpaired) electrons. The second kappa shape index (κ2) is 5.19. The van der Waals surface area contributed by atoms with Crippen LogP contribution in [-0.2, 0) is 0 Å². The first kappa shape index (κ1) is 12.6. The lowest BCUT2D eigenvalue weighted by Gasteiger charge is -2.14. The van der Waals surface area contributed by atoms with Gasteiger partial charge in [-0.05, 0) is 42.2 Å². The number of benzene rings is 1. The minimum absolute atomic E-state index is 0.151. The van der Waals surface area contributed by atoms with E-state index in [0.29, 0.717) is 0 Å². The zero-order chi connectivity index (χ0) is 13.1. The van der Waals surface area contributed by atoms with Gasteiger partial charge in [0.05, 0.1) is 13.2 Å². The molecule has 1 aromatic heterocycles. The Labute approximate surface area is 108 Å². The highest BCUT2D eigenvalue weighted by molar-refractivity contribution is 5.40. The molecule has 0 aliphatic heterocycles. The number of hydrogen-bond donors (Lipinski definition) is 1. The Morgan fingerprint density at radius 1 is 1.11 bits per heavy atom. The summed E-state index contributed by atoms with van der Waals surface area (Å²) in [6, 6.07) is 7.93. The molecule has 0 fully saturated rings. The van der Waals surface area contributed by atoms with Crippen molar-refractivity contribution >= 4 is 0 Å². The Kier molecular flexibility index (Phi) is 3.63. The lowest BCUT2D eigenvalue weighted by atomic mass is 9.98. The van der Waals surface area contributed by atoms with Crippen molar-refractivity contribution in [2.24, 2.45) is 5.73 Å². The van der Waals surface area contributed by atoms with Gasteiger partial charge in [-0.1, -0.05) is 18.2 Å². The summed E-state index contributed by atoms with van der Waals surface area (Å²) < 4.78 is 5.25. The zero-order valence-corrected chi connectivity index (χ0v) is 11.0. The van der Waals surface area contributed by atoms with E-state index in [9.17, 15) is 0 Å². The third-order valence-electron chi connectivity index (χ3n) is 3.03. The number of nitrogens with zero attached hydrogens (tertiary/aromatic N) is 1. The van der Waals surface area contributed by atoms with Crippen LogP contribution in [0.15, 0.2) is 36.7 Å². The highest BCUT2D eigenvalue weighted by Crippen LogP contribution is 2.25. The van der Waals surface area contributed by atoms with Crippen LogP contribution in [0.5, 0.6) is 5.75 Å². The summed E-state index contributed by atoms with van der Waals surface area (Å²) in [4.78, 5) is 4.18. The number of aryl methyl sites for hydroxylation is 2. The SMILES string of the molecule is COc1ccc(C(N)c2cncc(C)c2)cc1C. The van der Waals surface area contributed by atoms with Crippen LogP contribution in [0.2, 0.25) is 0 Å². The van der Waals surface area contributed by atoms with Crippen molar-refractivity contribution in [2.45, 2.75) is 19.9 Å². The Hall–Kier alpha value is -1.87. The first-order valence-corrected chi connectivity index (χ1v) is 5.93. The molecule has 2 aromatic rings. The van der Waals surface area contributed by atoms with Crippen LogP contribution in [0.25, 0.3) is 0 Å². The van der Waals surface area contributed by atoms with Crippen LogP contribution in [0.4, 0.5) is 0 Å². The second-order valence-corrected chi connectivity index (χ2v) is 4.50. The van der Waals surface area contributed by atoms with Gasteiger partial charge in [0.1, 0.15) is 5.75 Å². The van der Waals surface area contributed by atoms with Gasteiger partial charge in [0.2, 0.25) is 0 Å². The lowest BCUT2D eigenvalue weighted by Crippen LogP contribution is -2.12. The molecule has 2 N–H and O–H groups in total. The first-order chi connectivity index (χ1) is 8.61. The summed E-state index contributed by atoms with van der Waals surface area (Å²) in [6.07, 6.45) is 3.65. The van der Waals surface area contributed by atoms with Gasteiger partial charge in [0.15, 0.2) is 0 Å². The molecular formula is C15H18N2O. The summed E-state index contributed by atoms with van der Waals surface area (Å²) in [6.45, 7) is 4.03. The number of ether oxygens (including phenoxy) is 1. The van der Waals surface area contributed by atoms with Crippen LogP contribution in [0, 0.1) is 13.8 Å². The standard InChI is InChI=1S/C15H18N2O/c1-10-6-13(9-17-8-10)15(16)12-4-5-14(18-3)11(2)7-12/h4-9,15H,16H2,1-3H3. The van der Waals surface area contributed by atoms with Crippen LogP contribution in [-0.4, -0.2) is 12.1 Å². The van der Waals surface area contributed by atoms with Crippen molar-refractivity contribution < 1.29 is 4.74 Å². The van der Waals surface area contributed by atoms with Crippen molar-refractivity contribution in [3.05, 3.63) is 58.9 Å². The van der Waals surface area contributed by atoms with Gasteiger partial charge >= 0.3 is 0 Å². The average Bonchev–Trinajstić information content (AvgIpc) is 2.37. The van der Waals surface area contributed by atoms with Gasteiger partial charge in [-0.25, -0.2) is 0 Å². The molecule has 0 amide bonds. The molecular weight excluding hydrogens is 224 g/mol. The van der Waals surface area contributed by atoms with Crippen molar-refractivity contribution in [1.29, 1.82) is 0 Å². The third-order valence-corrected chi connectivity index (χ3v) is 3.03.